The van der Waals surface area contributed by atoms with Crippen molar-refractivity contribution in [3.05, 3.63) is 39.4 Å². The van der Waals surface area contributed by atoms with E-state index >= 15 is 0 Å². The van der Waals surface area contributed by atoms with E-state index in [1.54, 1.807) is 12.1 Å². The highest BCUT2D eigenvalue weighted by Gasteiger charge is 2.26. The Morgan fingerprint density at radius 2 is 1.67 bits per heavy atom. The van der Waals surface area contributed by atoms with Gasteiger partial charge in [-0.25, -0.2) is 4.73 Å². The Hall–Kier alpha value is -2.30. The van der Waals surface area contributed by atoms with Gasteiger partial charge >= 0.3 is 11.5 Å². The van der Waals surface area contributed by atoms with Crippen LogP contribution in [0.3, 0.4) is 0 Å². The number of quaternary nitrogens is 1. The molecule has 0 atom stereocenters. The summed E-state index contributed by atoms with van der Waals surface area (Å²) in [5, 5.41) is 37.3. The number of aryl methyl sites for hydroxylation is 2. The zero-order valence-corrected chi connectivity index (χ0v) is 15.1. The maximum atomic E-state index is 12.6. The molecule has 0 saturated heterocycles. The maximum absolute atomic E-state index is 12.6. The highest BCUT2D eigenvalue weighted by atomic mass is 35.5. The molecule has 1 aromatic carbocycles. The molecule has 2 aromatic rings. The van der Waals surface area contributed by atoms with Crippen LogP contribution in [0.1, 0.15) is 23.2 Å². The van der Waals surface area contributed by atoms with Gasteiger partial charge in [0.15, 0.2) is 6.07 Å². The minimum absolute atomic E-state index is 0. The molecule has 0 aliphatic rings. The lowest BCUT2D eigenvalue weighted by Crippen LogP contribution is -3.05. The first-order valence-corrected chi connectivity index (χ1v) is 7.59. The van der Waals surface area contributed by atoms with Gasteiger partial charge in [-0.1, -0.05) is 0 Å². The summed E-state index contributed by atoms with van der Waals surface area (Å²) in [6, 6.07) is 5.17. The molecule has 0 radical (unpaired) electrons. The summed E-state index contributed by atoms with van der Waals surface area (Å²) in [5.41, 5.74) is 2.10. The predicted octanol–water partition coefficient (Wildman–Crippen LogP) is -3.45. The van der Waals surface area contributed by atoms with E-state index in [-0.39, 0.29) is 35.0 Å². The molecule has 24 heavy (non-hydrogen) atoms. The fourth-order valence-electron chi connectivity index (χ4n) is 2.45. The Morgan fingerprint density at radius 3 is 2.17 bits per heavy atom. The van der Waals surface area contributed by atoms with Crippen molar-refractivity contribution in [3.8, 4) is 6.07 Å². The molecule has 0 saturated carbocycles. The summed E-state index contributed by atoms with van der Waals surface area (Å²) in [4.78, 5) is 1.30. The molecule has 2 rings (SSSR count). The number of halogens is 1. The highest BCUT2D eigenvalue weighted by molar-refractivity contribution is 5.71. The third kappa shape index (κ3) is 3.78. The highest BCUT2D eigenvalue weighted by Crippen LogP contribution is 2.17. The van der Waals surface area contributed by atoms with Gasteiger partial charge in [0.1, 0.15) is 0 Å². The number of fused-ring (bicyclic) bond motifs is 1. The Bertz CT molecular complexity index is 787. The summed E-state index contributed by atoms with van der Waals surface area (Å²) >= 11 is 0. The summed E-state index contributed by atoms with van der Waals surface area (Å²) in [5.74, 6) is 0.0204. The first-order chi connectivity index (χ1) is 10.9. The van der Waals surface area contributed by atoms with Crippen LogP contribution in [-0.4, -0.2) is 27.2 Å². The van der Waals surface area contributed by atoms with E-state index < -0.39 is 0 Å². The van der Waals surface area contributed by atoms with Crippen molar-refractivity contribution in [2.45, 2.75) is 20.3 Å². The normalized spacial score (nSPS) is 10.5. The number of aromatic nitrogens is 2. The van der Waals surface area contributed by atoms with Crippen molar-refractivity contribution < 1.29 is 26.8 Å². The van der Waals surface area contributed by atoms with Crippen LogP contribution in [-0.2, 0) is 0 Å². The maximum Gasteiger partial charge on any atom is 0.385 e. The lowest BCUT2D eigenvalue weighted by molar-refractivity contribution is -0.858. The Morgan fingerprint density at radius 1 is 1.12 bits per heavy atom. The van der Waals surface area contributed by atoms with Gasteiger partial charge in [-0.15, -0.1) is 4.73 Å². The number of benzene rings is 1. The van der Waals surface area contributed by atoms with E-state index in [0.717, 1.165) is 24.1 Å². The number of nitrogens with one attached hydrogen (secondary N) is 2. The van der Waals surface area contributed by atoms with Crippen LogP contribution >= 0.6 is 0 Å². The monoisotopic (exact) mass is 351 g/mol. The molecule has 7 nitrogen and oxygen atoms in total. The molecule has 0 unspecified atom stereocenters. The Kier molecular flexibility index (Phi) is 6.58. The van der Waals surface area contributed by atoms with Crippen LogP contribution in [0.15, 0.2) is 12.1 Å². The minimum Gasteiger partial charge on any atom is -1.00 e. The largest absolute Gasteiger partial charge is 1.00 e. The second-order valence-electron chi connectivity index (χ2n) is 6.06. The Labute approximate surface area is 147 Å². The van der Waals surface area contributed by atoms with Crippen LogP contribution in [0.4, 0.5) is 5.82 Å². The number of nitrogens with zero attached hydrogens (tertiary/aromatic N) is 3. The van der Waals surface area contributed by atoms with Crippen molar-refractivity contribution in [1.82, 2.24) is 0 Å². The molecule has 130 valence electrons. The zero-order valence-electron chi connectivity index (χ0n) is 14.3. The molecule has 0 fully saturated rings. The molecule has 8 heteroatoms. The predicted molar refractivity (Wildman–Crippen MR) is 86.8 cm³/mol. The van der Waals surface area contributed by atoms with E-state index in [1.807, 2.05) is 34.0 Å². The number of nitriles is 1. The van der Waals surface area contributed by atoms with Crippen molar-refractivity contribution in [2.75, 3.05) is 32.5 Å². The molecule has 0 amide bonds. The van der Waals surface area contributed by atoms with Crippen molar-refractivity contribution in [3.63, 3.8) is 0 Å². The fourth-order valence-corrected chi connectivity index (χ4v) is 2.45. The summed E-state index contributed by atoms with van der Waals surface area (Å²) in [7, 11) is 4.09. The smallest absolute Gasteiger partial charge is 0.385 e. The lowest BCUT2D eigenvalue weighted by Gasteiger charge is -2.14. The third-order valence-corrected chi connectivity index (χ3v) is 3.91. The fraction of sp³-hybridized carbons (Fsp3) is 0.438. The van der Waals surface area contributed by atoms with Gasteiger partial charge < -0.3 is 27.7 Å². The summed E-state index contributed by atoms with van der Waals surface area (Å²) in [6.45, 7) is 5.20. The summed E-state index contributed by atoms with van der Waals surface area (Å²) in [6.07, 6.45) is 0.830. The lowest BCUT2D eigenvalue weighted by atomic mass is 10.1. The first-order valence-electron chi connectivity index (χ1n) is 7.59. The zero-order chi connectivity index (χ0) is 17.1. The van der Waals surface area contributed by atoms with Crippen LogP contribution in [0.2, 0.25) is 0 Å². The van der Waals surface area contributed by atoms with Gasteiger partial charge in [-0.05, 0) is 31.0 Å². The van der Waals surface area contributed by atoms with E-state index in [9.17, 15) is 15.7 Å². The standard InChI is InChI=1S/C16H21N5O2.ClH/c1-11-8-13-14(9-12(11)2)21(23)16(15(10-17)20(13)22)18-6-5-7-19(3)4;/h8-9,18H,5-7H2,1-4H3;1H. The third-order valence-electron chi connectivity index (χ3n) is 3.91. The number of anilines is 1. The van der Waals surface area contributed by atoms with E-state index in [2.05, 4.69) is 5.32 Å². The van der Waals surface area contributed by atoms with Gasteiger partial charge in [0.05, 0.1) is 27.2 Å². The van der Waals surface area contributed by atoms with E-state index in [0.29, 0.717) is 16.0 Å². The molecular weight excluding hydrogens is 330 g/mol. The van der Waals surface area contributed by atoms with Gasteiger partial charge in [-0.2, -0.15) is 5.26 Å². The van der Waals surface area contributed by atoms with Crippen molar-refractivity contribution >= 4 is 16.9 Å². The topological polar surface area (TPSA) is 94.1 Å². The second-order valence-corrected chi connectivity index (χ2v) is 6.06. The van der Waals surface area contributed by atoms with Crippen LogP contribution in [0.5, 0.6) is 0 Å². The van der Waals surface area contributed by atoms with Crippen LogP contribution < -0.4 is 32.1 Å². The molecule has 1 aromatic heterocycles. The average molecular weight is 352 g/mol. The SMILES string of the molecule is Cc1cc2c(cc1C)[n+]([O-])c(NCCC[NH+](C)C)c(C#N)[n+]2[O-].[Cl-]. The van der Waals surface area contributed by atoms with Crippen molar-refractivity contribution in [2.24, 2.45) is 0 Å². The number of rotatable bonds is 5. The molecule has 0 spiro atoms. The van der Waals surface area contributed by atoms with Crippen LogP contribution in [0, 0.1) is 35.6 Å². The molecule has 0 aliphatic carbocycles. The molecule has 0 bridgehead atoms. The molecule has 2 N–H and O–H groups in total. The van der Waals surface area contributed by atoms with E-state index in [1.165, 1.54) is 4.90 Å². The first kappa shape index (κ1) is 19.7. The average Bonchev–Trinajstić information content (AvgIpc) is 2.50. The second kappa shape index (κ2) is 7.99. The van der Waals surface area contributed by atoms with Gasteiger partial charge in [0.25, 0.3) is 5.52 Å². The minimum atomic E-state index is -0.201. The van der Waals surface area contributed by atoms with E-state index in [4.69, 9.17) is 0 Å². The molecule has 1 heterocycles. The molecular formula is C16H22ClN5O2. The number of hydrogen-bond acceptors (Lipinski definition) is 4. The van der Waals surface area contributed by atoms with Gasteiger partial charge in [-0.3, -0.25) is 5.32 Å². The number of hydrogen-bond donors (Lipinski definition) is 2. The van der Waals surface area contributed by atoms with Crippen molar-refractivity contribution in [1.29, 1.82) is 5.26 Å². The Balaban J connectivity index is 0.00000288. The quantitative estimate of drug-likeness (QED) is 0.333. The molecule has 0 aliphatic heterocycles. The van der Waals surface area contributed by atoms with Crippen LogP contribution in [0.25, 0.3) is 11.0 Å². The van der Waals surface area contributed by atoms with Gasteiger partial charge in [0.2, 0.25) is 5.52 Å². The van der Waals surface area contributed by atoms with Gasteiger partial charge in [0, 0.05) is 12.5 Å². The summed E-state index contributed by atoms with van der Waals surface area (Å²) < 4.78 is 1.19.